The van der Waals surface area contributed by atoms with Gasteiger partial charge in [-0.2, -0.15) is 0 Å². The van der Waals surface area contributed by atoms with Crippen LogP contribution in [0.5, 0.6) is 0 Å². The van der Waals surface area contributed by atoms with Gasteiger partial charge in [-0.05, 0) is 0 Å². The van der Waals surface area contributed by atoms with Crippen LogP contribution in [0.15, 0.2) is 0 Å². The summed E-state index contributed by atoms with van der Waals surface area (Å²) < 4.78 is 7.56. The molecule has 0 saturated carbocycles. The summed E-state index contributed by atoms with van der Waals surface area (Å²) in [7, 11) is 2.91. The number of hydrogen-bond donors (Lipinski definition) is 0. The quantitative estimate of drug-likeness (QED) is 0.374. The van der Waals surface area contributed by atoms with Crippen LogP contribution in [-0.2, 0) is 56.2 Å². The van der Waals surface area contributed by atoms with E-state index >= 15 is 0 Å². The maximum absolute atomic E-state index is 9.65. The third-order valence-electron chi connectivity index (χ3n) is 1.12. The standard InChI is InChI=1S/C5H8O2P2.2C2H5NO2.2V/c6-4-8-2-1-3-9-5-7;2*1-5-2(3)4;;/h8-9H,1-3H2;2*1H3,(H2,3,4);;/q-2;;;2*+2/p-2. The molecule has 0 aromatic rings. The summed E-state index contributed by atoms with van der Waals surface area (Å²) >= 11 is 0. The minimum atomic E-state index is -0.995. The number of carbonyl (C=O) groups is 2. The third kappa shape index (κ3) is 65.0. The Morgan fingerprint density at radius 3 is 1.29 bits per heavy atom. The van der Waals surface area contributed by atoms with Crippen molar-refractivity contribution in [3.63, 3.8) is 0 Å². The normalized spacial score (nSPS) is 8.10. The molecule has 0 heterocycles. The Kier molecular flexibility index (Phi) is 49.9. The van der Waals surface area contributed by atoms with Gasteiger partial charge >= 0.3 is 37.1 Å². The van der Waals surface area contributed by atoms with Gasteiger partial charge in [0.15, 0.2) is 0 Å². The van der Waals surface area contributed by atoms with Crippen molar-refractivity contribution in [1.82, 2.24) is 0 Å². The molecule has 0 aliphatic rings. The van der Waals surface area contributed by atoms with E-state index in [-0.39, 0.29) is 37.1 Å². The predicted molar refractivity (Wildman–Crippen MR) is 75.8 cm³/mol. The maximum atomic E-state index is 9.65. The number of carbonyl (C=O) groups excluding carboxylic acids is 4. The van der Waals surface area contributed by atoms with Gasteiger partial charge in [0.05, 0.1) is 14.2 Å². The molecule has 21 heavy (non-hydrogen) atoms. The van der Waals surface area contributed by atoms with E-state index in [1.165, 1.54) is 0 Å². The van der Waals surface area contributed by atoms with Gasteiger partial charge in [0, 0.05) is 0 Å². The van der Waals surface area contributed by atoms with E-state index in [1.807, 2.05) is 12.1 Å². The van der Waals surface area contributed by atoms with Crippen LogP contribution in [-0.4, -0.2) is 50.8 Å². The molecule has 2 radical (unpaired) electrons. The van der Waals surface area contributed by atoms with Crippen LogP contribution in [0.3, 0.4) is 0 Å². The first-order valence-electron chi connectivity index (χ1n) is 4.75. The zero-order valence-electron chi connectivity index (χ0n) is 11.5. The van der Waals surface area contributed by atoms with Crippen LogP contribution in [0, 0.1) is 0 Å². The Labute approximate surface area is 151 Å². The van der Waals surface area contributed by atoms with E-state index in [2.05, 4.69) is 9.47 Å². The Hall–Kier alpha value is -0.0912. The average molecular weight is 412 g/mol. The second-order valence-corrected chi connectivity index (χ2v) is 4.51. The van der Waals surface area contributed by atoms with E-state index in [9.17, 15) is 19.2 Å². The molecule has 2 atom stereocenters. The Balaban J connectivity index is -0.0000000622. The van der Waals surface area contributed by atoms with Gasteiger partial charge < -0.3 is 30.5 Å². The van der Waals surface area contributed by atoms with Gasteiger partial charge in [0.25, 0.3) is 0 Å². The van der Waals surface area contributed by atoms with Crippen molar-refractivity contribution in [3.8, 4) is 0 Å². The molecule has 0 aromatic heterocycles. The van der Waals surface area contributed by atoms with E-state index in [0.29, 0.717) is 17.2 Å². The fourth-order valence-electron chi connectivity index (χ4n) is 0.367. The number of amides is 2. The van der Waals surface area contributed by atoms with Crippen LogP contribution >= 0.6 is 17.2 Å². The van der Waals surface area contributed by atoms with Gasteiger partial charge in [-0.15, -0.1) is 0 Å². The molecule has 0 saturated heterocycles. The molecule has 0 aliphatic carbocycles. The van der Waals surface area contributed by atoms with Crippen molar-refractivity contribution in [1.29, 1.82) is 0 Å². The number of rotatable bonds is 6. The van der Waals surface area contributed by atoms with Gasteiger partial charge in [0.1, 0.15) is 0 Å². The molecule has 8 nitrogen and oxygen atoms in total. The topological polar surface area (TPSA) is 134 Å². The first kappa shape index (κ1) is 32.7. The van der Waals surface area contributed by atoms with Crippen LogP contribution in [0.25, 0.3) is 11.5 Å². The summed E-state index contributed by atoms with van der Waals surface area (Å²) in [6.45, 7) is 0. The molecule has 12 heteroatoms. The maximum Gasteiger partial charge on any atom is 2.00 e. The van der Waals surface area contributed by atoms with Crippen LogP contribution in [0.4, 0.5) is 9.59 Å². The molecular weight excluding hydrogens is 396 g/mol. The number of hydrogen-bond acceptors (Lipinski definition) is 6. The molecular formula is C9H16N2O6P2V2. The second-order valence-electron chi connectivity index (χ2n) is 2.39. The van der Waals surface area contributed by atoms with Crippen molar-refractivity contribution >= 4 is 41.4 Å². The molecule has 0 rings (SSSR count). The first-order chi connectivity index (χ1) is 8.95. The Morgan fingerprint density at radius 2 is 1.14 bits per heavy atom. The zero-order chi connectivity index (χ0) is 15.5. The second kappa shape index (κ2) is 32.0. The fourth-order valence-corrected chi connectivity index (χ4v) is 1.63. The zero-order valence-corrected chi connectivity index (χ0v) is 16.3. The van der Waals surface area contributed by atoms with Crippen LogP contribution < -0.4 is 0 Å². The molecule has 0 bridgehead atoms. The summed E-state index contributed by atoms with van der Waals surface area (Å²) in [6.07, 6.45) is 0.743. The molecule has 0 fully saturated rings. The van der Waals surface area contributed by atoms with Crippen molar-refractivity contribution < 1.29 is 65.8 Å². The molecule has 0 spiro atoms. The number of ether oxygens (including phenoxy) is 2. The largest absolute Gasteiger partial charge is 2.00 e. The minimum Gasteiger partial charge on any atom is -0.632 e. The molecule has 2 unspecified atom stereocenters. The fraction of sp³-hybridized carbons (Fsp3) is 0.556. The smallest absolute Gasteiger partial charge is 0.632 e. The number of nitrogens with one attached hydrogen (secondary N) is 2. The van der Waals surface area contributed by atoms with E-state index < -0.39 is 12.2 Å². The van der Waals surface area contributed by atoms with Gasteiger partial charge in [-0.3, -0.25) is 26.8 Å². The van der Waals surface area contributed by atoms with Crippen molar-refractivity contribution in [3.05, 3.63) is 11.5 Å². The molecule has 118 valence electrons. The van der Waals surface area contributed by atoms with Gasteiger partial charge in [-0.25, -0.2) is 12.1 Å². The van der Waals surface area contributed by atoms with Crippen LogP contribution in [0.2, 0.25) is 0 Å². The van der Waals surface area contributed by atoms with Gasteiger partial charge in [0.2, 0.25) is 12.2 Å². The van der Waals surface area contributed by atoms with E-state index in [4.69, 9.17) is 11.5 Å². The molecule has 2 amide bonds. The van der Waals surface area contributed by atoms with E-state index in [1.54, 1.807) is 0 Å². The first-order valence-corrected chi connectivity index (χ1v) is 7.16. The Bertz CT molecular complexity index is 238. The summed E-state index contributed by atoms with van der Waals surface area (Å²) in [5.74, 6) is 0. The molecule has 0 aromatic carbocycles. The average Bonchev–Trinajstić information content (AvgIpc) is 2.40. The van der Waals surface area contributed by atoms with Crippen molar-refractivity contribution in [2.75, 3.05) is 26.5 Å². The summed E-state index contributed by atoms with van der Waals surface area (Å²) in [5.41, 5.74) is 11.9. The van der Waals surface area contributed by atoms with Crippen molar-refractivity contribution in [2.24, 2.45) is 0 Å². The molecule has 0 aliphatic heterocycles. The summed E-state index contributed by atoms with van der Waals surface area (Å²) in [5, 5.41) is 0. The predicted octanol–water partition coefficient (Wildman–Crippen LogP) is 2.47. The number of methoxy groups -OCH3 is 2. The summed E-state index contributed by atoms with van der Waals surface area (Å²) in [6, 6.07) is 3.65. The van der Waals surface area contributed by atoms with Gasteiger partial charge in [-0.1, -0.05) is 18.7 Å². The summed E-state index contributed by atoms with van der Waals surface area (Å²) in [4.78, 5) is 37.8. The Morgan fingerprint density at radius 1 is 0.905 bits per heavy atom. The minimum absolute atomic E-state index is 0. The van der Waals surface area contributed by atoms with Crippen LogP contribution in [0.1, 0.15) is 6.42 Å². The van der Waals surface area contributed by atoms with Crippen molar-refractivity contribution in [2.45, 2.75) is 6.42 Å². The SMILES string of the molecule is COC([NH-])=O.COC([NH-])=O.O=[C-]PCCCP[C-]=O.[V+2].[V+2]. The molecule has 2 N–H and O–H groups in total. The monoisotopic (exact) mass is 412 g/mol. The van der Waals surface area contributed by atoms with E-state index in [0.717, 1.165) is 33.0 Å². The third-order valence-corrected chi connectivity index (χ3v) is 2.61.